The molecule has 0 aliphatic carbocycles. The summed E-state index contributed by atoms with van der Waals surface area (Å²) in [6.07, 6.45) is 0. The number of ketones is 1. The first-order valence-electron chi connectivity index (χ1n) is 8.04. The van der Waals surface area contributed by atoms with Crippen molar-refractivity contribution in [3.63, 3.8) is 0 Å². The zero-order chi connectivity index (χ0) is 18.8. The third-order valence-electron chi connectivity index (χ3n) is 4.22. The number of nitrogens with one attached hydrogen (secondary N) is 1. The summed E-state index contributed by atoms with van der Waals surface area (Å²) in [7, 11) is 0. The fourth-order valence-electron chi connectivity index (χ4n) is 2.61. The number of nitrogens with two attached hydrogens (primary N) is 1. The first-order chi connectivity index (χ1) is 12.4. The number of hydrogen-bond acceptors (Lipinski definition) is 5. The van der Waals surface area contributed by atoms with Gasteiger partial charge in [-0.15, -0.1) is 0 Å². The molecule has 1 aliphatic heterocycles. The molecule has 0 bridgehead atoms. The van der Waals surface area contributed by atoms with Gasteiger partial charge in [-0.25, -0.2) is 0 Å². The number of hydrogen-bond donors (Lipinski definition) is 2. The van der Waals surface area contributed by atoms with Crippen LogP contribution in [0.15, 0.2) is 53.6 Å². The van der Waals surface area contributed by atoms with Gasteiger partial charge >= 0.3 is 0 Å². The highest BCUT2D eigenvalue weighted by atomic mass is 16.2. The average molecular weight is 350 g/mol. The maximum absolute atomic E-state index is 12.5. The summed E-state index contributed by atoms with van der Waals surface area (Å²) in [4.78, 5) is 37.3. The molecule has 132 valence electrons. The second-order valence-corrected chi connectivity index (χ2v) is 6.06. The summed E-state index contributed by atoms with van der Waals surface area (Å²) in [5.41, 5.74) is 8.76. The molecule has 1 aliphatic rings. The van der Waals surface area contributed by atoms with E-state index in [9.17, 15) is 14.4 Å². The van der Waals surface area contributed by atoms with Crippen LogP contribution in [0.25, 0.3) is 0 Å². The second-order valence-electron chi connectivity index (χ2n) is 6.06. The minimum atomic E-state index is -1.42. The average Bonchev–Trinajstić information content (AvgIpc) is 2.92. The molecule has 0 fully saturated rings. The van der Waals surface area contributed by atoms with Gasteiger partial charge in [-0.1, -0.05) is 24.3 Å². The van der Waals surface area contributed by atoms with Gasteiger partial charge in [-0.05, 0) is 49.2 Å². The Morgan fingerprint density at radius 3 is 2.42 bits per heavy atom. The molecule has 0 spiro atoms. The van der Waals surface area contributed by atoms with Crippen molar-refractivity contribution in [3.05, 3.63) is 59.7 Å². The van der Waals surface area contributed by atoms with E-state index >= 15 is 0 Å². The fraction of sp³-hybridized carbons (Fsp3) is 0.158. The second kappa shape index (κ2) is 6.79. The van der Waals surface area contributed by atoms with Gasteiger partial charge < -0.3 is 11.1 Å². The van der Waals surface area contributed by atoms with Crippen LogP contribution in [0.5, 0.6) is 0 Å². The van der Waals surface area contributed by atoms with Crippen LogP contribution in [0.1, 0.15) is 11.1 Å². The van der Waals surface area contributed by atoms with E-state index in [2.05, 4.69) is 10.4 Å². The highest BCUT2D eigenvalue weighted by Crippen LogP contribution is 2.23. The van der Waals surface area contributed by atoms with Crippen LogP contribution >= 0.6 is 0 Å². The maximum atomic E-state index is 12.5. The van der Waals surface area contributed by atoms with Crippen molar-refractivity contribution in [2.75, 3.05) is 10.3 Å². The summed E-state index contributed by atoms with van der Waals surface area (Å²) >= 11 is 0. The summed E-state index contributed by atoms with van der Waals surface area (Å²) in [6.45, 7) is 3.84. The zero-order valence-corrected chi connectivity index (χ0v) is 14.4. The monoisotopic (exact) mass is 350 g/mol. The van der Waals surface area contributed by atoms with Gasteiger partial charge in [-0.2, -0.15) is 10.1 Å². The van der Waals surface area contributed by atoms with Crippen molar-refractivity contribution in [2.24, 2.45) is 16.8 Å². The predicted octanol–water partition coefficient (Wildman–Crippen LogP) is 1.75. The number of amidine groups is 1. The largest absolute Gasteiger partial charge is 0.385 e. The van der Waals surface area contributed by atoms with Crippen LogP contribution in [0.2, 0.25) is 0 Å². The van der Waals surface area contributed by atoms with Gasteiger partial charge in [0.05, 0.1) is 5.69 Å². The van der Waals surface area contributed by atoms with E-state index in [0.717, 1.165) is 16.1 Å². The quantitative estimate of drug-likeness (QED) is 0.647. The van der Waals surface area contributed by atoms with Gasteiger partial charge in [0.25, 0.3) is 11.8 Å². The number of aryl methyl sites for hydroxylation is 2. The molecule has 0 saturated carbocycles. The number of hydrazone groups is 1. The third kappa shape index (κ3) is 3.19. The molecule has 2 amide bonds. The Morgan fingerprint density at radius 1 is 1.08 bits per heavy atom. The smallest absolute Gasteiger partial charge is 0.293 e. The molecular formula is C19H18N4O3. The Morgan fingerprint density at radius 2 is 1.77 bits per heavy atom. The molecule has 7 nitrogen and oxygen atoms in total. The highest BCUT2D eigenvalue weighted by molar-refractivity contribution is 6.50. The lowest BCUT2D eigenvalue weighted by Crippen LogP contribution is -2.41. The van der Waals surface area contributed by atoms with E-state index < -0.39 is 23.5 Å². The van der Waals surface area contributed by atoms with Crippen LogP contribution in [-0.2, 0) is 14.4 Å². The van der Waals surface area contributed by atoms with E-state index in [1.807, 2.05) is 19.9 Å². The predicted molar refractivity (Wildman–Crippen MR) is 98.6 cm³/mol. The summed E-state index contributed by atoms with van der Waals surface area (Å²) in [6, 6.07) is 13.9. The number of para-hydroxylation sites is 1. The molecule has 0 aromatic heterocycles. The number of carbonyl (C=O) groups excluding carboxylic acids is 3. The molecule has 1 heterocycles. The number of anilines is 2. The van der Waals surface area contributed by atoms with E-state index in [1.165, 1.54) is 0 Å². The van der Waals surface area contributed by atoms with Gasteiger partial charge in [0.15, 0.2) is 5.92 Å². The SMILES string of the molecule is Cc1ccc(NC(=O)C(=O)C2C(=O)N(c3ccccc3)N=C2N)cc1C. The normalized spacial score (nSPS) is 16.4. The van der Waals surface area contributed by atoms with Crippen LogP contribution < -0.4 is 16.1 Å². The zero-order valence-electron chi connectivity index (χ0n) is 14.4. The minimum absolute atomic E-state index is 0.195. The van der Waals surface area contributed by atoms with Crippen molar-refractivity contribution in [2.45, 2.75) is 13.8 Å². The van der Waals surface area contributed by atoms with Crippen molar-refractivity contribution in [1.82, 2.24) is 0 Å². The molecule has 7 heteroatoms. The topological polar surface area (TPSA) is 105 Å². The van der Waals surface area contributed by atoms with Crippen LogP contribution in [-0.4, -0.2) is 23.4 Å². The molecule has 26 heavy (non-hydrogen) atoms. The Labute approximate surface area is 150 Å². The van der Waals surface area contributed by atoms with Gasteiger partial charge in [0.2, 0.25) is 5.78 Å². The lowest BCUT2D eigenvalue weighted by molar-refractivity contribution is -0.138. The van der Waals surface area contributed by atoms with Crippen molar-refractivity contribution < 1.29 is 14.4 Å². The molecule has 0 radical (unpaired) electrons. The molecule has 3 rings (SSSR count). The number of amides is 2. The molecule has 2 aromatic carbocycles. The van der Waals surface area contributed by atoms with Crippen molar-refractivity contribution in [1.29, 1.82) is 0 Å². The van der Waals surface area contributed by atoms with Crippen LogP contribution in [0.4, 0.5) is 11.4 Å². The van der Waals surface area contributed by atoms with Crippen LogP contribution in [0, 0.1) is 19.8 Å². The van der Waals surface area contributed by atoms with E-state index in [4.69, 9.17) is 5.73 Å². The number of nitrogens with zero attached hydrogens (tertiary/aromatic N) is 2. The molecular weight excluding hydrogens is 332 g/mol. The molecule has 3 N–H and O–H groups in total. The Balaban J connectivity index is 1.77. The van der Waals surface area contributed by atoms with Crippen molar-refractivity contribution >= 4 is 34.8 Å². The van der Waals surface area contributed by atoms with E-state index in [-0.39, 0.29) is 5.84 Å². The van der Waals surface area contributed by atoms with Gasteiger partial charge in [0, 0.05) is 5.69 Å². The first-order valence-corrected chi connectivity index (χ1v) is 8.04. The molecule has 1 atom stereocenters. The van der Waals surface area contributed by atoms with E-state index in [1.54, 1.807) is 42.5 Å². The Hall–Kier alpha value is -3.48. The molecule has 1 unspecified atom stereocenters. The van der Waals surface area contributed by atoms with Crippen LogP contribution in [0.3, 0.4) is 0 Å². The fourth-order valence-corrected chi connectivity index (χ4v) is 2.61. The summed E-state index contributed by atoms with van der Waals surface area (Å²) < 4.78 is 0. The summed E-state index contributed by atoms with van der Waals surface area (Å²) in [5.74, 6) is -4.10. The number of carbonyl (C=O) groups is 3. The molecule has 0 saturated heterocycles. The Bertz CT molecular complexity index is 922. The van der Waals surface area contributed by atoms with E-state index in [0.29, 0.717) is 11.4 Å². The number of Topliss-reactive ketones (excluding diaryl/α,β-unsaturated/α-hetero) is 1. The third-order valence-corrected chi connectivity index (χ3v) is 4.22. The number of rotatable bonds is 4. The molecule has 2 aromatic rings. The Kier molecular flexibility index (Phi) is 4.53. The van der Waals surface area contributed by atoms with Crippen molar-refractivity contribution in [3.8, 4) is 0 Å². The first kappa shape index (κ1) is 17.3. The lowest BCUT2D eigenvalue weighted by atomic mass is 10.0. The standard InChI is InChI=1S/C19H18N4O3/c1-11-8-9-13(10-12(11)2)21-18(25)16(24)15-17(20)22-23(19(15)26)14-6-4-3-5-7-14/h3-10,15H,1-2H3,(H2,20,22)(H,21,25). The minimum Gasteiger partial charge on any atom is -0.385 e. The van der Waals surface area contributed by atoms with Gasteiger partial charge in [-0.3, -0.25) is 14.4 Å². The maximum Gasteiger partial charge on any atom is 0.293 e. The van der Waals surface area contributed by atoms with Gasteiger partial charge in [0.1, 0.15) is 5.84 Å². The lowest BCUT2D eigenvalue weighted by Gasteiger charge is -2.13. The number of benzene rings is 2. The summed E-state index contributed by atoms with van der Waals surface area (Å²) in [5, 5.41) is 7.49. The highest BCUT2D eigenvalue weighted by Gasteiger charge is 2.43.